The molecule has 24 heavy (non-hydrogen) atoms. The van der Waals surface area contributed by atoms with Gasteiger partial charge in [0.1, 0.15) is 5.75 Å². The largest absolute Gasteiger partial charge is 0.494 e. The molecule has 1 aliphatic rings. The van der Waals surface area contributed by atoms with Crippen molar-refractivity contribution in [3.63, 3.8) is 0 Å². The van der Waals surface area contributed by atoms with Crippen LogP contribution in [0.4, 0.5) is 5.13 Å². The van der Waals surface area contributed by atoms with E-state index in [9.17, 15) is 4.79 Å². The van der Waals surface area contributed by atoms with Gasteiger partial charge in [0.05, 0.1) is 29.4 Å². The van der Waals surface area contributed by atoms with E-state index in [0.717, 1.165) is 41.8 Å². The number of nitrogens with one attached hydrogen (secondary N) is 1. The van der Waals surface area contributed by atoms with Gasteiger partial charge >= 0.3 is 0 Å². The maximum absolute atomic E-state index is 12.6. The Morgan fingerprint density at radius 1 is 1.54 bits per heavy atom. The molecule has 1 aliphatic heterocycles. The second-order valence-electron chi connectivity index (χ2n) is 5.76. The van der Waals surface area contributed by atoms with E-state index in [2.05, 4.69) is 21.1 Å². The zero-order chi connectivity index (χ0) is 16.9. The Morgan fingerprint density at radius 3 is 3.21 bits per heavy atom. The molecule has 5 nitrogen and oxygen atoms in total. The number of carbonyl (C=O) groups excluding carboxylic acids is 1. The minimum atomic E-state index is -0.166. The van der Waals surface area contributed by atoms with E-state index in [1.54, 1.807) is 0 Å². The van der Waals surface area contributed by atoms with Gasteiger partial charge in [0.25, 0.3) is 0 Å². The number of carbonyl (C=O) groups is 1. The number of terminal acetylenes is 1. The molecule has 3 rings (SSSR count). The van der Waals surface area contributed by atoms with Crippen LogP contribution in [0.1, 0.15) is 26.2 Å². The number of hydrogen-bond acceptors (Lipinski definition) is 5. The molecule has 2 aromatic rings. The number of thiazole rings is 1. The number of aromatic nitrogens is 1. The Bertz CT molecular complexity index is 765. The summed E-state index contributed by atoms with van der Waals surface area (Å²) < 4.78 is 6.51. The van der Waals surface area contributed by atoms with Crippen LogP contribution in [0.25, 0.3) is 10.2 Å². The third-order valence-electron chi connectivity index (χ3n) is 4.11. The summed E-state index contributed by atoms with van der Waals surface area (Å²) in [5, 5.41) is 3.58. The molecule has 6 heteroatoms. The zero-order valence-corrected chi connectivity index (χ0v) is 14.6. The Balaban J connectivity index is 1.73. The molecule has 126 valence electrons. The van der Waals surface area contributed by atoms with Crippen molar-refractivity contribution in [1.29, 1.82) is 0 Å². The van der Waals surface area contributed by atoms with Crippen molar-refractivity contribution < 1.29 is 9.53 Å². The van der Waals surface area contributed by atoms with E-state index in [1.165, 1.54) is 11.3 Å². The van der Waals surface area contributed by atoms with Gasteiger partial charge in [-0.25, -0.2) is 4.98 Å². The van der Waals surface area contributed by atoms with E-state index in [-0.39, 0.29) is 11.9 Å². The average molecular weight is 343 g/mol. The van der Waals surface area contributed by atoms with Crippen LogP contribution in [0, 0.1) is 12.3 Å². The second-order valence-corrected chi connectivity index (χ2v) is 6.79. The van der Waals surface area contributed by atoms with Crippen molar-refractivity contribution in [2.45, 2.75) is 32.2 Å². The Kier molecular flexibility index (Phi) is 5.34. The number of anilines is 1. The highest BCUT2D eigenvalue weighted by atomic mass is 32.1. The molecule has 1 aromatic carbocycles. The van der Waals surface area contributed by atoms with E-state index >= 15 is 0 Å². The minimum Gasteiger partial charge on any atom is -0.494 e. The van der Waals surface area contributed by atoms with Crippen LogP contribution in [0.5, 0.6) is 5.75 Å². The molecule has 0 saturated carbocycles. The fourth-order valence-electron chi connectivity index (χ4n) is 3.00. The summed E-state index contributed by atoms with van der Waals surface area (Å²) >= 11 is 1.46. The first kappa shape index (κ1) is 16.7. The highest BCUT2D eigenvalue weighted by Crippen LogP contribution is 2.30. The highest BCUT2D eigenvalue weighted by molar-refractivity contribution is 7.22. The third-order valence-corrected chi connectivity index (χ3v) is 5.05. The lowest BCUT2D eigenvalue weighted by Crippen LogP contribution is -2.47. The van der Waals surface area contributed by atoms with Crippen molar-refractivity contribution in [2.24, 2.45) is 0 Å². The van der Waals surface area contributed by atoms with Crippen molar-refractivity contribution in [2.75, 3.05) is 25.0 Å². The molecule has 1 unspecified atom stereocenters. The number of amides is 1. The second kappa shape index (κ2) is 7.65. The average Bonchev–Trinajstić information content (AvgIpc) is 2.97. The standard InChI is InChI=1S/C18H21N3O2S/c1-3-10-21-11-6-5-7-15(21)17(22)20-18-19-14-9-8-13(23-4-2)12-16(14)24-18/h1,8-9,12,15H,4-7,10-11H2,2H3,(H,19,20,22). The molecule has 2 heterocycles. The molecule has 1 amide bonds. The summed E-state index contributed by atoms with van der Waals surface area (Å²) in [6.07, 6.45) is 8.40. The first-order valence-electron chi connectivity index (χ1n) is 8.23. The number of hydrogen-bond donors (Lipinski definition) is 1. The summed E-state index contributed by atoms with van der Waals surface area (Å²) in [5.41, 5.74) is 0.864. The topological polar surface area (TPSA) is 54.5 Å². The summed E-state index contributed by atoms with van der Waals surface area (Å²) in [5.74, 6) is 3.44. The van der Waals surface area contributed by atoms with Crippen LogP contribution in [0.3, 0.4) is 0 Å². The predicted octanol–water partition coefficient (Wildman–Crippen LogP) is 3.12. The van der Waals surface area contributed by atoms with Crippen molar-refractivity contribution in [1.82, 2.24) is 9.88 Å². The van der Waals surface area contributed by atoms with Gasteiger partial charge in [-0.15, -0.1) is 6.42 Å². The third kappa shape index (κ3) is 3.69. The van der Waals surface area contributed by atoms with Gasteiger partial charge in [-0.3, -0.25) is 9.69 Å². The molecule has 1 aromatic heterocycles. The molecule has 1 N–H and O–H groups in total. The minimum absolute atomic E-state index is 0.0194. The van der Waals surface area contributed by atoms with Gasteiger partial charge in [-0.1, -0.05) is 23.7 Å². The summed E-state index contributed by atoms with van der Waals surface area (Å²) in [6, 6.07) is 5.60. The van der Waals surface area contributed by atoms with E-state index in [1.807, 2.05) is 25.1 Å². The molecular formula is C18H21N3O2S. The molecule has 1 fully saturated rings. The van der Waals surface area contributed by atoms with Crippen LogP contribution in [0.2, 0.25) is 0 Å². The Morgan fingerprint density at radius 2 is 2.42 bits per heavy atom. The SMILES string of the molecule is C#CCN1CCCCC1C(=O)Nc1nc2ccc(OCC)cc2s1. The fourth-order valence-corrected chi connectivity index (χ4v) is 3.90. The fraction of sp³-hybridized carbons (Fsp3) is 0.444. The Hall–Kier alpha value is -2.10. The highest BCUT2D eigenvalue weighted by Gasteiger charge is 2.28. The normalized spacial score (nSPS) is 18.2. The summed E-state index contributed by atoms with van der Waals surface area (Å²) in [6.45, 7) is 3.96. The monoisotopic (exact) mass is 343 g/mol. The molecule has 1 atom stereocenters. The molecule has 0 spiro atoms. The van der Waals surface area contributed by atoms with Gasteiger partial charge in [0.2, 0.25) is 5.91 Å². The van der Waals surface area contributed by atoms with Gasteiger partial charge in [-0.05, 0) is 44.5 Å². The molecule has 0 aliphatic carbocycles. The number of piperidine rings is 1. The lowest BCUT2D eigenvalue weighted by atomic mass is 10.0. The summed E-state index contributed by atoms with van der Waals surface area (Å²) in [4.78, 5) is 19.2. The van der Waals surface area contributed by atoms with Crippen LogP contribution >= 0.6 is 11.3 Å². The van der Waals surface area contributed by atoms with E-state index in [0.29, 0.717) is 18.3 Å². The maximum atomic E-state index is 12.6. The van der Waals surface area contributed by atoms with Crippen molar-refractivity contribution in [3.05, 3.63) is 18.2 Å². The van der Waals surface area contributed by atoms with Gasteiger partial charge < -0.3 is 10.1 Å². The predicted molar refractivity (Wildman–Crippen MR) is 97.5 cm³/mol. The quantitative estimate of drug-likeness (QED) is 0.848. The number of benzene rings is 1. The molecule has 0 bridgehead atoms. The van der Waals surface area contributed by atoms with Gasteiger partial charge in [-0.2, -0.15) is 0 Å². The van der Waals surface area contributed by atoms with Crippen molar-refractivity contribution in [3.8, 4) is 18.1 Å². The number of ether oxygens (including phenoxy) is 1. The molecule has 0 radical (unpaired) electrons. The lowest BCUT2D eigenvalue weighted by Gasteiger charge is -2.32. The van der Waals surface area contributed by atoms with Gasteiger partial charge in [0, 0.05) is 0 Å². The first-order valence-corrected chi connectivity index (χ1v) is 9.04. The maximum Gasteiger partial charge on any atom is 0.243 e. The Labute approximate surface area is 146 Å². The number of nitrogens with zero attached hydrogens (tertiary/aromatic N) is 2. The van der Waals surface area contributed by atoms with E-state index in [4.69, 9.17) is 11.2 Å². The van der Waals surface area contributed by atoms with Crippen LogP contribution in [-0.4, -0.2) is 41.5 Å². The smallest absolute Gasteiger partial charge is 0.243 e. The number of rotatable bonds is 5. The van der Waals surface area contributed by atoms with Gasteiger partial charge in [0.15, 0.2) is 5.13 Å². The van der Waals surface area contributed by atoms with Crippen LogP contribution < -0.4 is 10.1 Å². The number of likely N-dealkylation sites (tertiary alicyclic amines) is 1. The summed E-state index contributed by atoms with van der Waals surface area (Å²) in [7, 11) is 0. The van der Waals surface area contributed by atoms with Crippen LogP contribution in [0.15, 0.2) is 18.2 Å². The number of fused-ring (bicyclic) bond motifs is 1. The zero-order valence-electron chi connectivity index (χ0n) is 13.7. The molecule has 1 saturated heterocycles. The first-order chi connectivity index (χ1) is 11.7. The lowest BCUT2D eigenvalue weighted by molar-refractivity contribution is -0.122. The van der Waals surface area contributed by atoms with E-state index < -0.39 is 0 Å². The van der Waals surface area contributed by atoms with Crippen molar-refractivity contribution >= 4 is 32.6 Å². The molecular weight excluding hydrogens is 322 g/mol. The van der Waals surface area contributed by atoms with Crippen LogP contribution in [-0.2, 0) is 4.79 Å².